The standard InChI is InChI=1S/C22H21ClN2O3/c23-17-7-9-18(10-8-17)28-15-22(26)24-14-20(21-6-3-13-27-21)25-12-11-16-4-1-2-5-19(16)25/h1-10,13,20H,11-12,14-15H2,(H,24,26). The van der Waals surface area contributed by atoms with E-state index >= 15 is 0 Å². The number of hydrogen-bond donors (Lipinski definition) is 1. The summed E-state index contributed by atoms with van der Waals surface area (Å²) in [6.45, 7) is 1.27. The topological polar surface area (TPSA) is 54.7 Å². The van der Waals surface area contributed by atoms with Gasteiger partial charge in [-0.3, -0.25) is 4.79 Å². The number of nitrogens with one attached hydrogen (secondary N) is 1. The van der Waals surface area contributed by atoms with Gasteiger partial charge in [0.05, 0.1) is 6.26 Å². The third-order valence-electron chi connectivity index (χ3n) is 4.85. The Labute approximate surface area is 168 Å². The first-order chi connectivity index (χ1) is 13.7. The average Bonchev–Trinajstić information content (AvgIpc) is 3.39. The van der Waals surface area contributed by atoms with Gasteiger partial charge in [0.2, 0.25) is 0 Å². The van der Waals surface area contributed by atoms with Crippen LogP contribution in [-0.4, -0.2) is 25.6 Å². The smallest absolute Gasteiger partial charge is 0.258 e. The van der Waals surface area contributed by atoms with Crippen molar-refractivity contribution in [2.24, 2.45) is 0 Å². The van der Waals surface area contributed by atoms with E-state index in [4.69, 9.17) is 20.8 Å². The Balaban J connectivity index is 1.40. The Hall–Kier alpha value is -2.92. The van der Waals surface area contributed by atoms with Gasteiger partial charge in [-0.1, -0.05) is 29.8 Å². The second-order valence-corrected chi connectivity index (χ2v) is 7.09. The highest BCUT2D eigenvalue weighted by molar-refractivity contribution is 6.30. The molecule has 1 aliphatic heterocycles. The maximum absolute atomic E-state index is 12.3. The molecule has 1 unspecified atom stereocenters. The van der Waals surface area contributed by atoms with Crippen molar-refractivity contribution >= 4 is 23.2 Å². The van der Waals surface area contributed by atoms with E-state index in [0.717, 1.165) is 18.7 Å². The number of halogens is 1. The number of nitrogens with zero attached hydrogens (tertiary/aromatic N) is 1. The molecule has 1 aliphatic rings. The molecule has 144 valence electrons. The number of furan rings is 1. The zero-order chi connectivity index (χ0) is 19.3. The van der Waals surface area contributed by atoms with E-state index in [2.05, 4.69) is 28.4 Å². The molecule has 1 N–H and O–H groups in total. The van der Waals surface area contributed by atoms with Crippen LogP contribution in [-0.2, 0) is 11.2 Å². The van der Waals surface area contributed by atoms with E-state index in [1.165, 1.54) is 11.3 Å². The van der Waals surface area contributed by atoms with Crippen molar-refractivity contribution in [2.75, 3.05) is 24.6 Å². The molecule has 1 atom stereocenters. The van der Waals surface area contributed by atoms with Crippen LogP contribution in [0.15, 0.2) is 71.3 Å². The average molecular weight is 397 g/mol. The second kappa shape index (κ2) is 8.40. The summed E-state index contributed by atoms with van der Waals surface area (Å²) in [6, 6.07) is 19.0. The first kappa shape index (κ1) is 18.4. The van der Waals surface area contributed by atoms with Crippen LogP contribution in [0.25, 0.3) is 0 Å². The van der Waals surface area contributed by atoms with Crippen LogP contribution in [0.5, 0.6) is 5.75 Å². The maximum atomic E-state index is 12.3. The van der Waals surface area contributed by atoms with Gasteiger partial charge in [-0.2, -0.15) is 0 Å². The lowest BCUT2D eigenvalue weighted by atomic mass is 10.1. The summed E-state index contributed by atoms with van der Waals surface area (Å²) in [5, 5.41) is 3.60. The van der Waals surface area contributed by atoms with E-state index < -0.39 is 0 Å². The predicted molar refractivity (Wildman–Crippen MR) is 109 cm³/mol. The Bertz CT molecular complexity index is 925. The molecule has 5 nitrogen and oxygen atoms in total. The normalized spacial score (nSPS) is 13.8. The number of amides is 1. The zero-order valence-corrected chi connectivity index (χ0v) is 16.1. The highest BCUT2D eigenvalue weighted by Gasteiger charge is 2.29. The molecule has 0 saturated carbocycles. The number of anilines is 1. The van der Waals surface area contributed by atoms with Gasteiger partial charge in [-0.25, -0.2) is 0 Å². The van der Waals surface area contributed by atoms with Crippen LogP contribution in [0.2, 0.25) is 5.02 Å². The molecule has 1 aromatic heterocycles. The lowest BCUT2D eigenvalue weighted by Gasteiger charge is -2.29. The number of fused-ring (bicyclic) bond motifs is 1. The molecular formula is C22H21ClN2O3. The predicted octanol–water partition coefficient (Wildman–Crippen LogP) is 4.23. The number of hydrogen-bond acceptors (Lipinski definition) is 4. The molecule has 0 fully saturated rings. The molecule has 0 bridgehead atoms. The van der Waals surface area contributed by atoms with Crippen LogP contribution in [0.3, 0.4) is 0 Å². The molecule has 0 saturated heterocycles. The van der Waals surface area contributed by atoms with Gasteiger partial charge in [0.15, 0.2) is 6.61 Å². The summed E-state index contributed by atoms with van der Waals surface area (Å²) >= 11 is 5.86. The quantitative estimate of drug-likeness (QED) is 0.649. The van der Waals surface area contributed by atoms with Crippen molar-refractivity contribution in [3.63, 3.8) is 0 Å². The Morgan fingerprint density at radius 1 is 1.14 bits per heavy atom. The lowest BCUT2D eigenvalue weighted by Crippen LogP contribution is -2.39. The highest BCUT2D eigenvalue weighted by atomic mass is 35.5. The second-order valence-electron chi connectivity index (χ2n) is 6.65. The Kier molecular flexibility index (Phi) is 5.53. The van der Waals surface area contributed by atoms with E-state index in [9.17, 15) is 4.79 Å². The van der Waals surface area contributed by atoms with Crippen molar-refractivity contribution in [3.8, 4) is 5.75 Å². The first-order valence-electron chi connectivity index (χ1n) is 9.24. The lowest BCUT2D eigenvalue weighted by molar-refractivity contribution is -0.123. The van der Waals surface area contributed by atoms with Gasteiger partial charge in [0, 0.05) is 23.8 Å². The van der Waals surface area contributed by atoms with Gasteiger partial charge < -0.3 is 19.4 Å². The molecule has 2 heterocycles. The molecule has 2 aromatic carbocycles. The number of carbonyl (C=O) groups is 1. The molecule has 4 rings (SSSR count). The van der Waals surface area contributed by atoms with Crippen LogP contribution in [0, 0.1) is 0 Å². The number of ether oxygens (including phenoxy) is 1. The zero-order valence-electron chi connectivity index (χ0n) is 15.3. The minimum absolute atomic E-state index is 0.0525. The van der Waals surface area contributed by atoms with Crippen molar-refractivity contribution in [3.05, 3.63) is 83.3 Å². The fourth-order valence-electron chi connectivity index (χ4n) is 3.47. The SMILES string of the molecule is O=C(COc1ccc(Cl)cc1)NCC(c1ccco1)N1CCc2ccccc21. The summed E-state index contributed by atoms with van der Waals surface area (Å²) in [7, 11) is 0. The largest absolute Gasteiger partial charge is 0.484 e. The monoisotopic (exact) mass is 396 g/mol. The first-order valence-corrected chi connectivity index (χ1v) is 9.61. The van der Waals surface area contributed by atoms with Crippen molar-refractivity contribution in [1.29, 1.82) is 0 Å². The molecule has 0 radical (unpaired) electrons. The van der Waals surface area contributed by atoms with Crippen molar-refractivity contribution in [2.45, 2.75) is 12.5 Å². The molecular weight excluding hydrogens is 376 g/mol. The van der Waals surface area contributed by atoms with E-state index in [0.29, 0.717) is 17.3 Å². The summed E-state index contributed by atoms with van der Waals surface area (Å²) in [5.74, 6) is 1.25. The number of benzene rings is 2. The summed E-state index contributed by atoms with van der Waals surface area (Å²) < 4.78 is 11.2. The van der Waals surface area contributed by atoms with Crippen molar-refractivity contribution in [1.82, 2.24) is 5.32 Å². The van der Waals surface area contributed by atoms with Crippen LogP contribution < -0.4 is 15.0 Å². The van der Waals surface area contributed by atoms with Gasteiger partial charge >= 0.3 is 0 Å². The minimum atomic E-state index is -0.181. The summed E-state index contributed by atoms with van der Waals surface area (Å²) in [6.07, 6.45) is 2.65. The van der Waals surface area contributed by atoms with Gasteiger partial charge in [0.25, 0.3) is 5.91 Å². The summed E-state index contributed by atoms with van der Waals surface area (Å²) in [4.78, 5) is 14.6. The molecule has 6 heteroatoms. The molecule has 0 spiro atoms. The van der Waals surface area contributed by atoms with Crippen LogP contribution >= 0.6 is 11.6 Å². The summed E-state index contributed by atoms with van der Waals surface area (Å²) in [5.41, 5.74) is 2.51. The fourth-order valence-corrected chi connectivity index (χ4v) is 3.60. The Morgan fingerprint density at radius 3 is 2.75 bits per heavy atom. The fraction of sp³-hybridized carbons (Fsp3) is 0.227. The minimum Gasteiger partial charge on any atom is -0.484 e. The van der Waals surface area contributed by atoms with E-state index in [1.807, 2.05) is 18.2 Å². The van der Waals surface area contributed by atoms with Gasteiger partial charge in [0.1, 0.15) is 17.6 Å². The molecule has 3 aromatic rings. The molecule has 1 amide bonds. The number of para-hydroxylation sites is 1. The van der Waals surface area contributed by atoms with E-state index in [1.54, 1.807) is 30.5 Å². The van der Waals surface area contributed by atoms with Gasteiger partial charge in [-0.15, -0.1) is 0 Å². The van der Waals surface area contributed by atoms with Crippen molar-refractivity contribution < 1.29 is 13.9 Å². The van der Waals surface area contributed by atoms with Gasteiger partial charge in [-0.05, 0) is 54.4 Å². The Morgan fingerprint density at radius 2 is 1.96 bits per heavy atom. The molecule has 28 heavy (non-hydrogen) atoms. The van der Waals surface area contributed by atoms with E-state index in [-0.39, 0.29) is 18.6 Å². The van der Waals surface area contributed by atoms with Crippen LogP contribution in [0.4, 0.5) is 5.69 Å². The highest BCUT2D eigenvalue weighted by Crippen LogP contribution is 2.34. The third-order valence-corrected chi connectivity index (χ3v) is 5.10. The van der Waals surface area contributed by atoms with Crippen LogP contribution in [0.1, 0.15) is 17.4 Å². The third kappa shape index (κ3) is 4.15. The number of carbonyl (C=O) groups excluding carboxylic acids is 1. The number of rotatable bonds is 7. The maximum Gasteiger partial charge on any atom is 0.258 e. The molecule has 0 aliphatic carbocycles.